The number of nitrogens with one attached hydrogen (secondary N) is 3. The van der Waals surface area contributed by atoms with Gasteiger partial charge in [0.05, 0.1) is 0 Å². The third-order valence-corrected chi connectivity index (χ3v) is 3.45. The Kier molecular flexibility index (Phi) is 5.20. The highest BCUT2D eigenvalue weighted by Crippen LogP contribution is 2.24. The van der Waals surface area contributed by atoms with E-state index in [0.717, 1.165) is 11.3 Å². The molecule has 2 rings (SSSR count). The van der Waals surface area contributed by atoms with Crippen LogP contribution in [0.15, 0.2) is 24.3 Å². The largest absolute Gasteiger partial charge is 0.373 e. The molecule has 21 heavy (non-hydrogen) atoms. The number of benzene rings is 1. The standard InChI is InChI=1S/C16H23N3O2/c1-11(2)10-18-15(20)7-8-17-16(21)14-9-12-5-3-4-6-13(12)19-14/h3-6,11,14,19H,7-10H2,1-2H3,(H,17,21)(H,18,20)/t14-/m0/s1. The molecule has 0 aliphatic carbocycles. The molecule has 0 unspecified atom stereocenters. The molecule has 0 fully saturated rings. The molecule has 0 saturated carbocycles. The fourth-order valence-corrected chi connectivity index (χ4v) is 2.28. The lowest BCUT2D eigenvalue weighted by Crippen LogP contribution is -2.40. The first-order valence-electron chi connectivity index (χ1n) is 7.45. The quantitative estimate of drug-likeness (QED) is 0.739. The lowest BCUT2D eigenvalue weighted by atomic mass is 10.1. The lowest BCUT2D eigenvalue weighted by Gasteiger charge is -2.12. The molecule has 1 heterocycles. The normalized spacial score (nSPS) is 16.2. The summed E-state index contributed by atoms with van der Waals surface area (Å²) < 4.78 is 0. The van der Waals surface area contributed by atoms with Crippen LogP contribution >= 0.6 is 0 Å². The van der Waals surface area contributed by atoms with Gasteiger partial charge in [-0.05, 0) is 17.5 Å². The van der Waals surface area contributed by atoms with Gasteiger partial charge in [0.15, 0.2) is 0 Å². The highest BCUT2D eigenvalue weighted by atomic mass is 16.2. The topological polar surface area (TPSA) is 70.2 Å². The zero-order valence-corrected chi connectivity index (χ0v) is 12.6. The van der Waals surface area contributed by atoms with E-state index >= 15 is 0 Å². The molecule has 0 saturated heterocycles. The van der Waals surface area contributed by atoms with E-state index in [1.807, 2.05) is 38.1 Å². The maximum Gasteiger partial charge on any atom is 0.242 e. The lowest BCUT2D eigenvalue weighted by molar-refractivity contribution is -0.122. The SMILES string of the molecule is CC(C)CNC(=O)CCNC(=O)[C@@H]1Cc2ccccc2N1. The third-order valence-electron chi connectivity index (χ3n) is 3.45. The zero-order chi connectivity index (χ0) is 15.2. The van der Waals surface area contributed by atoms with Gasteiger partial charge in [-0.15, -0.1) is 0 Å². The molecule has 0 spiro atoms. The van der Waals surface area contributed by atoms with Gasteiger partial charge in [0.1, 0.15) is 6.04 Å². The van der Waals surface area contributed by atoms with E-state index in [0.29, 0.717) is 31.8 Å². The van der Waals surface area contributed by atoms with Gasteiger partial charge in [-0.25, -0.2) is 0 Å². The molecule has 1 aliphatic rings. The van der Waals surface area contributed by atoms with Crippen LogP contribution in [0.5, 0.6) is 0 Å². The van der Waals surface area contributed by atoms with Gasteiger partial charge in [0.25, 0.3) is 0 Å². The number of hydrogen-bond acceptors (Lipinski definition) is 3. The van der Waals surface area contributed by atoms with E-state index in [4.69, 9.17) is 0 Å². The Morgan fingerprint density at radius 2 is 2.05 bits per heavy atom. The van der Waals surface area contributed by atoms with Crippen molar-refractivity contribution in [3.63, 3.8) is 0 Å². The van der Waals surface area contributed by atoms with Crippen molar-refractivity contribution >= 4 is 17.5 Å². The molecular weight excluding hydrogens is 266 g/mol. The molecule has 3 N–H and O–H groups in total. The van der Waals surface area contributed by atoms with E-state index in [1.165, 1.54) is 0 Å². The average molecular weight is 289 g/mol. The van der Waals surface area contributed by atoms with Crippen LogP contribution in [0, 0.1) is 5.92 Å². The van der Waals surface area contributed by atoms with E-state index in [1.54, 1.807) is 0 Å². The summed E-state index contributed by atoms with van der Waals surface area (Å²) in [7, 11) is 0. The molecule has 0 radical (unpaired) electrons. The van der Waals surface area contributed by atoms with Crippen molar-refractivity contribution < 1.29 is 9.59 Å². The number of carbonyl (C=O) groups is 2. The summed E-state index contributed by atoms with van der Waals surface area (Å²) in [5.41, 5.74) is 2.18. The highest BCUT2D eigenvalue weighted by Gasteiger charge is 2.25. The molecule has 1 atom stereocenters. The van der Waals surface area contributed by atoms with Gasteiger partial charge in [0, 0.05) is 31.6 Å². The van der Waals surface area contributed by atoms with Gasteiger partial charge in [0.2, 0.25) is 11.8 Å². The third kappa shape index (κ3) is 4.48. The van der Waals surface area contributed by atoms with E-state index in [-0.39, 0.29) is 17.9 Å². The van der Waals surface area contributed by atoms with E-state index in [2.05, 4.69) is 16.0 Å². The molecule has 5 heteroatoms. The number of anilines is 1. The van der Waals surface area contributed by atoms with E-state index in [9.17, 15) is 9.59 Å². The highest BCUT2D eigenvalue weighted by molar-refractivity contribution is 5.87. The van der Waals surface area contributed by atoms with Crippen LogP contribution in [0.25, 0.3) is 0 Å². The Morgan fingerprint density at radius 3 is 2.76 bits per heavy atom. The molecule has 2 amide bonds. The number of fused-ring (bicyclic) bond motifs is 1. The maximum absolute atomic E-state index is 12.1. The van der Waals surface area contributed by atoms with Crippen LogP contribution in [-0.4, -0.2) is 30.9 Å². The predicted octanol–water partition coefficient (Wildman–Crippen LogP) is 1.30. The van der Waals surface area contributed by atoms with Crippen molar-refractivity contribution in [2.75, 3.05) is 18.4 Å². The summed E-state index contributed by atoms with van der Waals surface area (Å²) in [4.78, 5) is 23.6. The van der Waals surface area contributed by atoms with Crippen LogP contribution in [0.4, 0.5) is 5.69 Å². The summed E-state index contributed by atoms with van der Waals surface area (Å²) >= 11 is 0. The monoisotopic (exact) mass is 289 g/mol. The molecule has 5 nitrogen and oxygen atoms in total. The Morgan fingerprint density at radius 1 is 1.29 bits per heavy atom. The fraction of sp³-hybridized carbons (Fsp3) is 0.500. The molecule has 114 valence electrons. The molecule has 1 aromatic carbocycles. The summed E-state index contributed by atoms with van der Waals surface area (Å²) in [6.07, 6.45) is 1.01. The van der Waals surface area contributed by atoms with Crippen molar-refractivity contribution in [2.45, 2.75) is 32.7 Å². The van der Waals surface area contributed by atoms with Crippen LogP contribution in [0.3, 0.4) is 0 Å². The van der Waals surface area contributed by atoms with Crippen molar-refractivity contribution in [2.24, 2.45) is 5.92 Å². The van der Waals surface area contributed by atoms with Crippen LogP contribution in [-0.2, 0) is 16.0 Å². The first kappa shape index (κ1) is 15.4. The Balaban J connectivity index is 1.68. The zero-order valence-electron chi connectivity index (χ0n) is 12.6. The Bertz CT molecular complexity index is 489. The summed E-state index contributed by atoms with van der Waals surface area (Å²) in [6.45, 7) is 5.14. The number of carbonyl (C=O) groups excluding carboxylic acids is 2. The van der Waals surface area contributed by atoms with Crippen LogP contribution in [0.2, 0.25) is 0 Å². The van der Waals surface area contributed by atoms with Crippen LogP contribution in [0.1, 0.15) is 25.8 Å². The van der Waals surface area contributed by atoms with Gasteiger partial charge in [-0.2, -0.15) is 0 Å². The van der Waals surface area contributed by atoms with Crippen molar-refractivity contribution in [3.8, 4) is 0 Å². The molecule has 0 aromatic heterocycles. The summed E-state index contributed by atoms with van der Waals surface area (Å²) in [5.74, 6) is 0.360. The number of hydrogen-bond donors (Lipinski definition) is 3. The second-order valence-electron chi connectivity index (χ2n) is 5.80. The van der Waals surface area contributed by atoms with Crippen molar-refractivity contribution in [1.29, 1.82) is 0 Å². The molecule has 1 aromatic rings. The van der Waals surface area contributed by atoms with Gasteiger partial charge >= 0.3 is 0 Å². The van der Waals surface area contributed by atoms with Gasteiger partial charge in [-0.1, -0.05) is 32.0 Å². The summed E-state index contributed by atoms with van der Waals surface area (Å²) in [6, 6.07) is 7.68. The maximum atomic E-state index is 12.1. The van der Waals surface area contributed by atoms with E-state index < -0.39 is 0 Å². The van der Waals surface area contributed by atoms with Crippen molar-refractivity contribution in [3.05, 3.63) is 29.8 Å². The second kappa shape index (κ2) is 7.11. The molecule has 1 aliphatic heterocycles. The second-order valence-corrected chi connectivity index (χ2v) is 5.80. The first-order chi connectivity index (χ1) is 10.1. The Hall–Kier alpha value is -2.04. The minimum Gasteiger partial charge on any atom is -0.373 e. The number of amides is 2. The van der Waals surface area contributed by atoms with Gasteiger partial charge < -0.3 is 16.0 Å². The number of rotatable bonds is 6. The fourth-order valence-electron chi connectivity index (χ4n) is 2.28. The van der Waals surface area contributed by atoms with Crippen molar-refractivity contribution in [1.82, 2.24) is 10.6 Å². The Labute approximate surface area is 125 Å². The minimum atomic E-state index is -0.235. The first-order valence-corrected chi connectivity index (χ1v) is 7.45. The average Bonchev–Trinajstić information content (AvgIpc) is 2.89. The molecule has 0 bridgehead atoms. The molecular formula is C16H23N3O2. The van der Waals surface area contributed by atoms with Gasteiger partial charge in [-0.3, -0.25) is 9.59 Å². The smallest absolute Gasteiger partial charge is 0.242 e. The summed E-state index contributed by atoms with van der Waals surface area (Å²) in [5, 5.41) is 8.85. The number of para-hydroxylation sites is 1. The van der Waals surface area contributed by atoms with Crippen LogP contribution < -0.4 is 16.0 Å². The predicted molar refractivity (Wildman–Crippen MR) is 83.0 cm³/mol. The minimum absolute atomic E-state index is 0.0216.